The smallest absolute Gasteiger partial charge is 0.133 e. The molecular formula is C66H108O6. The van der Waals surface area contributed by atoms with Gasteiger partial charge in [0.15, 0.2) is 0 Å². The molecule has 0 aromatic carbocycles. The number of carbonyl (C=O) groups is 3. The topological polar surface area (TPSA) is 112 Å². The first kappa shape index (κ1) is 49.2. The van der Waals surface area contributed by atoms with Gasteiger partial charge in [0.25, 0.3) is 0 Å². The van der Waals surface area contributed by atoms with Gasteiger partial charge in [0, 0.05) is 23.2 Å². The van der Waals surface area contributed by atoms with Crippen molar-refractivity contribution in [2.45, 2.75) is 273 Å². The van der Waals surface area contributed by atoms with Gasteiger partial charge in [0.1, 0.15) is 17.3 Å². The Bertz CT molecular complexity index is 2220. The van der Waals surface area contributed by atoms with Crippen molar-refractivity contribution in [3.63, 3.8) is 0 Å². The van der Waals surface area contributed by atoms with Gasteiger partial charge in [-0.05, 0) is 318 Å². The SMILES string of the molecule is [2H]C1C[C@H]2[C@@H]3CC[C@H]4C[C@](C)(O)CC[C@]4(C)[C@H]3CC[C@]2(C)[C@@]1([2H])C(C)=O.[2H]C1C[C@H]2[C@@H]3CC[C@H]4C[C@](C)(O)CC[C@]4(C)[C@H]3CC[C@]2(C)[C@H]1C(C)=O.[2H][C@]1(C(C)=O)CC[C@H]2[C@@H]3CC[C@H]4C[C@](C)(O)CC[C@]4(C)[C@H]3CC[C@@]21C. The molecule has 0 heterocycles. The van der Waals surface area contributed by atoms with Crippen molar-refractivity contribution < 1.29 is 35.2 Å². The minimum Gasteiger partial charge on any atom is -0.390 e. The monoisotopic (exact) mass is 1000 g/mol. The summed E-state index contributed by atoms with van der Waals surface area (Å²) < 4.78 is 35.1. The van der Waals surface area contributed by atoms with Crippen LogP contribution in [0.1, 0.15) is 262 Å². The minimum absolute atomic E-state index is 0.0453. The van der Waals surface area contributed by atoms with Crippen LogP contribution in [0.2, 0.25) is 0 Å². The fourth-order valence-electron chi connectivity index (χ4n) is 23.2. The molecule has 0 aromatic rings. The summed E-state index contributed by atoms with van der Waals surface area (Å²) in [4.78, 5) is 37.1. The van der Waals surface area contributed by atoms with Crippen molar-refractivity contribution in [2.24, 2.45) is 121 Å². The number of hydrogen-bond acceptors (Lipinski definition) is 6. The lowest BCUT2D eigenvalue weighted by Gasteiger charge is -2.61. The molecule has 12 saturated carbocycles. The first-order chi connectivity index (χ1) is 35.1. The first-order valence-corrected chi connectivity index (χ1v) is 30.6. The highest BCUT2D eigenvalue weighted by molar-refractivity contribution is 5.80. The largest absolute Gasteiger partial charge is 0.390 e. The van der Waals surface area contributed by atoms with E-state index in [9.17, 15) is 29.7 Å². The Morgan fingerprint density at radius 3 is 1.08 bits per heavy atom. The van der Waals surface area contributed by atoms with Crippen molar-refractivity contribution >= 4 is 17.3 Å². The summed E-state index contributed by atoms with van der Waals surface area (Å²) in [5.74, 6) is 5.49. The van der Waals surface area contributed by atoms with Gasteiger partial charge in [-0.15, -0.1) is 0 Å². The van der Waals surface area contributed by atoms with E-state index in [1.807, 2.05) is 20.8 Å². The van der Waals surface area contributed by atoms with Gasteiger partial charge < -0.3 is 15.3 Å². The third-order valence-corrected chi connectivity index (χ3v) is 27.2. The van der Waals surface area contributed by atoms with Crippen LogP contribution in [0.4, 0.5) is 0 Å². The van der Waals surface area contributed by atoms with Gasteiger partial charge in [0.2, 0.25) is 0 Å². The van der Waals surface area contributed by atoms with E-state index in [0.717, 1.165) is 134 Å². The summed E-state index contributed by atoms with van der Waals surface area (Å²) in [7, 11) is 0. The van der Waals surface area contributed by atoms with Gasteiger partial charge in [0.05, 0.1) is 16.8 Å². The molecule has 408 valence electrons. The zero-order chi connectivity index (χ0) is 55.6. The minimum atomic E-state index is -1.23. The van der Waals surface area contributed by atoms with E-state index in [1.54, 1.807) is 13.8 Å². The zero-order valence-corrected chi connectivity index (χ0v) is 47.9. The van der Waals surface area contributed by atoms with Crippen LogP contribution >= 0.6 is 0 Å². The summed E-state index contributed by atoms with van der Waals surface area (Å²) >= 11 is 0. The van der Waals surface area contributed by atoms with Gasteiger partial charge in [-0.25, -0.2) is 0 Å². The highest BCUT2D eigenvalue weighted by Crippen LogP contribution is 2.71. The second kappa shape index (κ2) is 18.5. The molecule has 0 spiro atoms. The normalized spacial score (nSPS) is 61.8. The number of rotatable bonds is 3. The molecule has 6 heteroatoms. The van der Waals surface area contributed by atoms with E-state index in [4.69, 9.17) is 5.48 Å². The molecule has 0 radical (unpaired) electrons. The van der Waals surface area contributed by atoms with Gasteiger partial charge >= 0.3 is 0 Å². The maximum Gasteiger partial charge on any atom is 0.133 e. The van der Waals surface area contributed by atoms with Crippen molar-refractivity contribution in [1.29, 1.82) is 0 Å². The number of ketones is 3. The number of aliphatic hydroxyl groups is 3. The number of carbonyl (C=O) groups excluding carboxylic acids is 3. The van der Waals surface area contributed by atoms with Gasteiger partial charge in [-0.2, -0.15) is 0 Å². The second-order valence-corrected chi connectivity index (χ2v) is 31.1. The number of fused-ring (bicyclic) bond motifs is 15. The van der Waals surface area contributed by atoms with E-state index in [0.29, 0.717) is 70.0 Å². The maximum atomic E-state index is 12.4. The molecular weight excluding hydrogens is 889 g/mol. The molecule has 26 atom stereocenters. The van der Waals surface area contributed by atoms with E-state index >= 15 is 0 Å². The summed E-state index contributed by atoms with van der Waals surface area (Å²) in [5.41, 5.74) is -0.855. The van der Waals surface area contributed by atoms with Crippen molar-refractivity contribution in [2.75, 3.05) is 0 Å². The van der Waals surface area contributed by atoms with E-state index < -0.39 is 35.0 Å². The van der Waals surface area contributed by atoms with E-state index in [2.05, 4.69) is 41.5 Å². The molecule has 2 unspecified atom stereocenters. The van der Waals surface area contributed by atoms with Crippen LogP contribution in [0.5, 0.6) is 0 Å². The summed E-state index contributed by atoms with van der Waals surface area (Å²) in [5, 5.41) is 31.8. The average Bonchev–Trinajstić information content (AvgIpc) is 3.86. The summed E-state index contributed by atoms with van der Waals surface area (Å²) in [6.07, 6.45) is 25.6. The summed E-state index contributed by atoms with van der Waals surface area (Å²) in [6.45, 7) is 25.1. The number of Topliss-reactive ketones (excluding diaryl/α,β-unsaturated/α-hetero) is 3. The Labute approximate surface area is 445 Å². The predicted molar refractivity (Wildman–Crippen MR) is 290 cm³/mol. The highest BCUT2D eigenvalue weighted by Gasteiger charge is 2.65. The predicted octanol–water partition coefficient (Wildman–Crippen LogP) is 15.0. The lowest BCUT2D eigenvalue weighted by Crippen LogP contribution is -2.55. The molecule has 12 aliphatic carbocycles. The number of hydrogen-bond donors (Lipinski definition) is 3. The fraction of sp³-hybridized carbons (Fsp3) is 0.955. The Morgan fingerprint density at radius 1 is 0.361 bits per heavy atom. The van der Waals surface area contributed by atoms with Gasteiger partial charge in [-0.3, -0.25) is 14.4 Å². The van der Waals surface area contributed by atoms with Crippen LogP contribution in [0.3, 0.4) is 0 Å². The van der Waals surface area contributed by atoms with Crippen LogP contribution in [0.15, 0.2) is 0 Å². The van der Waals surface area contributed by atoms with Crippen molar-refractivity contribution in [1.82, 2.24) is 0 Å². The molecule has 12 rings (SSSR count). The summed E-state index contributed by atoms with van der Waals surface area (Å²) in [6, 6.07) is 0. The molecule has 0 amide bonds. The Hall–Kier alpha value is -1.11. The maximum absolute atomic E-state index is 12.4. The van der Waals surface area contributed by atoms with Crippen LogP contribution in [0, 0.1) is 121 Å². The molecule has 6 nitrogen and oxygen atoms in total. The molecule has 0 saturated heterocycles. The molecule has 0 aromatic heterocycles. The van der Waals surface area contributed by atoms with E-state index in [1.165, 1.54) is 45.4 Å². The average molecular weight is 1000 g/mol. The van der Waals surface area contributed by atoms with Gasteiger partial charge in [-0.1, -0.05) is 41.5 Å². The molecule has 12 aliphatic rings. The van der Waals surface area contributed by atoms with E-state index in [-0.39, 0.29) is 51.3 Å². The molecule has 72 heavy (non-hydrogen) atoms. The van der Waals surface area contributed by atoms with Crippen LogP contribution in [-0.4, -0.2) is 49.5 Å². The van der Waals surface area contributed by atoms with Crippen LogP contribution in [0.25, 0.3) is 0 Å². The lowest BCUT2D eigenvalue weighted by molar-refractivity contribution is -0.150. The third kappa shape index (κ3) is 8.71. The Balaban J connectivity index is 0.000000130. The Kier molecular flexibility index (Phi) is 12.6. The first-order valence-electron chi connectivity index (χ1n) is 32.8. The molecule has 3 N–H and O–H groups in total. The second-order valence-electron chi connectivity index (χ2n) is 31.1. The Morgan fingerprint density at radius 2 is 0.694 bits per heavy atom. The quantitative estimate of drug-likeness (QED) is 0.260. The van der Waals surface area contributed by atoms with Crippen molar-refractivity contribution in [3.8, 4) is 0 Å². The highest BCUT2D eigenvalue weighted by atomic mass is 16.3. The van der Waals surface area contributed by atoms with Crippen LogP contribution < -0.4 is 0 Å². The standard InChI is InChI=1S/3C22H36O2/c3*1-14(23)17-7-8-18-16-6-5-15-13-20(2,24)11-12-21(15,3)19(16)9-10-22(17,18)4/h3*15-19,24H,5-13H2,1-4H3/t3*15-,16-,17+,18-,19-,20+,21-,22+/m000/s1/i7D,17D;17D;7D/t7?,15-,16-,17+,18-,19-,20+,21-,22+;m;7?,15-,16-,17+,18-,19-,20+,21-,22+. The fourth-order valence-corrected chi connectivity index (χ4v) is 23.2. The zero-order valence-electron chi connectivity index (χ0n) is 51.9. The third-order valence-electron chi connectivity index (χ3n) is 27.2. The lowest BCUT2D eigenvalue weighted by atomic mass is 9.44. The molecule has 0 bridgehead atoms. The van der Waals surface area contributed by atoms with Crippen molar-refractivity contribution in [3.05, 3.63) is 0 Å². The molecule has 12 fully saturated rings. The van der Waals surface area contributed by atoms with Crippen LogP contribution in [-0.2, 0) is 14.4 Å². The molecule has 0 aliphatic heterocycles.